The molecule has 1 aliphatic rings. The minimum Gasteiger partial charge on any atom is -0.448 e. The Labute approximate surface area is 115 Å². The van der Waals surface area contributed by atoms with E-state index in [-0.39, 0.29) is 30.8 Å². The van der Waals surface area contributed by atoms with Crippen molar-refractivity contribution in [1.82, 2.24) is 25.6 Å². The number of carbonyl (C=O) groups excluding carboxylic acids is 2. The molecule has 0 spiro atoms. The second kappa shape index (κ2) is 6.85. The fourth-order valence-electron chi connectivity index (χ4n) is 2.04. The highest BCUT2D eigenvalue weighted by atomic mass is 16.5. The lowest BCUT2D eigenvalue weighted by molar-refractivity contribution is 0.0932. The second-order valence-corrected chi connectivity index (χ2v) is 4.49. The molecule has 0 atom stereocenters. The van der Waals surface area contributed by atoms with Crippen LogP contribution in [0.5, 0.6) is 0 Å². The Morgan fingerprint density at radius 2 is 2.25 bits per heavy atom. The fourth-order valence-corrected chi connectivity index (χ4v) is 2.04. The predicted molar refractivity (Wildman–Crippen MR) is 69.0 cm³/mol. The van der Waals surface area contributed by atoms with Gasteiger partial charge in [-0.2, -0.15) is 0 Å². The summed E-state index contributed by atoms with van der Waals surface area (Å²) in [5.74, 6) is -0.349. The number of ether oxygens (including phenoxy) is 1. The van der Waals surface area contributed by atoms with E-state index < -0.39 is 6.09 Å². The van der Waals surface area contributed by atoms with E-state index in [4.69, 9.17) is 5.73 Å². The maximum Gasteiger partial charge on any atom is 0.404 e. The first-order valence-electron chi connectivity index (χ1n) is 6.50. The molecule has 1 fully saturated rings. The molecule has 0 radical (unpaired) electrons. The van der Waals surface area contributed by atoms with Gasteiger partial charge in [0.25, 0.3) is 5.91 Å². The smallest absolute Gasteiger partial charge is 0.404 e. The number of rotatable bonds is 5. The molecular weight excluding hydrogens is 264 g/mol. The monoisotopic (exact) mass is 282 g/mol. The molecule has 0 bridgehead atoms. The number of aromatic nitrogens is 3. The van der Waals surface area contributed by atoms with Crippen LogP contribution in [0.1, 0.15) is 29.4 Å². The summed E-state index contributed by atoms with van der Waals surface area (Å²) in [5.41, 5.74) is 5.05. The number of carbonyl (C=O) groups is 2. The van der Waals surface area contributed by atoms with E-state index in [1.54, 1.807) is 10.9 Å². The molecule has 0 unspecified atom stereocenters. The van der Waals surface area contributed by atoms with Gasteiger partial charge in [-0.15, -0.1) is 5.10 Å². The molecule has 110 valence electrons. The van der Waals surface area contributed by atoms with Gasteiger partial charge in [0.2, 0.25) is 0 Å². The van der Waals surface area contributed by atoms with Crippen LogP contribution in [0.15, 0.2) is 6.20 Å². The molecule has 1 aromatic rings. The second-order valence-electron chi connectivity index (χ2n) is 4.49. The van der Waals surface area contributed by atoms with Gasteiger partial charge >= 0.3 is 6.09 Å². The number of nitrogens with zero attached hydrogens (tertiary/aromatic N) is 3. The average Bonchev–Trinajstić information content (AvgIpc) is 2.94. The van der Waals surface area contributed by atoms with E-state index in [2.05, 4.69) is 25.7 Å². The van der Waals surface area contributed by atoms with Gasteiger partial charge in [-0.05, 0) is 25.9 Å². The number of amides is 2. The van der Waals surface area contributed by atoms with Crippen molar-refractivity contribution in [2.45, 2.75) is 18.9 Å². The third kappa shape index (κ3) is 3.92. The summed E-state index contributed by atoms with van der Waals surface area (Å²) >= 11 is 0. The van der Waals surface area contributed by atoms with Gasteiger partial charge in [0.1, 0.15) is 6.61 Å². The summed E-state index contributed by atoms with van der Waals surface area (Å²) < 4.78 is 6.24. The number of piperidine rings is 1. The van der Waals surface area contributed by atoms with Gasteiger partial charge in [0.15, 0.2) is 5.69 Å². The topological polar surface area (TPSA) is 124 Å². The fraction of sp³-hybridized carbons (Fsp3) is 0.636. The van der Waals surface area contributed by atoms with Crippen LogP contribution in [0.25, 0.3) is 0 Å². The third-order valence-corrected chi connectivity index (χ3v) is 3.06. The lowest BCUT2D eigenvalue weighted by atomic mass is 10.1. The molecule has 0 aliphatic carbocycles. The number of nitrogens with one attached hydrogen (secondary N) is 2. The Morgan fingerprint density at radius 3 is 2.95 bits per heavy atom. The van der Waals surface area contributed by atoms with Gasteiger partial charge in [-0.3, -0.25) is 4.79 Å². The van der Waals surface area contributed by atoms with E-state index in [1.165, 1.54) is 0 Å². The van der Waals surface area contributed by atoms with Crippen LogP contribution < -0.4 is 16.4 Å². The number of nitrogens with two attached hydrogens (primary N) is 1. The molecule has 9 heteroatoms. The standard InChI is InChI=1S/C11H18N6O3/c12-11(19)20-6-5-14-10(18)9-7-17(16-15-9)8-1-3-13-4-2-8/h7-8,13H,1-6H2,(H2,12,19)(H,14,18). The van der Waals surface area contributed by atoms with Crippen LogP contribution in [0.3, 0.4) is 0 Å². The SMILES string of the molecule is NC(=O)OCCNC(=O)c1cn(C2CCNCC2)nn1. The van der Waals surface area contributed by atoms with E-state index >= 15 is 0 Å². The van der Waals surface area contributed by atoms with Gasteiger partial charge in [0, 0.05) is 0 Å². The molecule has 1 aromatic heterocycles. The molecule has 1 saturated heterocycles. The summed E-state index contributed by atoms with van der Waals surface area (Å²) in [7, 11) is 0. The summed E-state index contributed by atoms with van der Waals surface area (Å²) in [4.78, 5) is 22.1. The maximum absolute atomic E-state index is 11.8. The first kappa shape index (κ1) is 14.3. The molecule has 2 heterocycles. The van der Waals surface area contributed by atoms with Crippen LogP contribution in [-0.4, -0.2) is 53.2 Å². The minimum atomic E-state index is -0.865. The molecule has 2 amide bonds. The summed E-state index contributed by atoms with van der Waals surface area (Å²) in [5, 5.41) is 13.7. The molecule has 2 rings (SSSR count). The molecule has 4 N–H and O–H groups in total. The van der Waals surface area contributed by atoms with E-state index in [0.717, 1.165) is 25.9 Å². The van der Waals surface area contributed by atoms with Crippen molar-refractivity contribution in [2.24, 2.45) is 5.73 Å². The van der Waals surface area contributed by atoms with Crippen molar-refractivity contribution in [1.29, 1.82) is 0 Å². The number of primary amides is 1. The highest BCUT2D eigenvalue weighted by molar-refractivity contribution is 5.91. The zero-order valence-corrected chi connectivity index (χ0v) is 11.0. The largest absolute Gasteiger partial charge is 0.448 e. The predicted octanol–water partition coefficient (Wildman–Crippen LogP) is -0.972. The van der Waals surface area contributed by atoms with Gasteiger partial charge in [0.05, 0.1) is 18.8 Å². The van der Waals surface area contributed by atoms with Gasteiger partial charge in [-0.25, -0.2) is 9.48 Å². The van der Waals surface area contributed by atoms with Crippen LogP contribution in [0.2, 0.25) is 0 Å². The first-order valence-corrected chi connectivity index (χ1v) is 6.50. The van der Waals surface area contributed by atoms with Gasteiger partial charge < -0.3 is 21.1 Å². The van der Waals surface area contributed by atoms with Gasteiger partial charge in [-0.1, -0.05) is 5.21 Å². The Bertz CT molecular complexity index is 468. The molecule has 1 aliphatic heterocycles. The van der Waals surface area contributed by atoms with E-state index in [0.29, 0.717) is 0 Å². The van der Waals surface area contributed by atoms with E-state index in [9.17, 15) is 9.59 Å². The zero-order chi connectivity index (χ0) is 14.4. The number of hydrogen-bond acceptors (Lipinski definition) is 6. The lowest BCUT2D eigenvalue weighted by Crippen LogP contribution is -2.30. The Balaban J connectivity index is 1.81. The normalized spacial score (nSPS) is 15.8. The highest BCUT2D eigenvalue weighted by Crippen LogP contribution is 2.16. The van der Waals surface area contributed by atoms with Crippen molar-refractivity contribution < 1.29 is 14.3 Å². The Morgan fingerprint density at radius 1 is 1.50 bits per heavy atom. The first-order chi connectivity index (χ1) is 9.66. The lowest BCUT2D eigenvalue weighted by Gasteiger charge is -2.22. The average molecular weight is 282 g/mol. The molecule has 20 heavy (non-hydrogen) atoms. The summed E-state index contributed by atoms with van der Waals surface area (Å²) in [6.07, 6.45) is 2.71. The van der Waals surface area contributed by atoms with Crippen LogP contribution in [-0.2, 0) is 4.74 Å². The molecule has 9 nitrogen and oxygen atoms in total. The Hall–Kier alpha value is -2.16. The van der Waals surface area contributed by atoms with Crippen molar-refractivity contribution in [3.63, 3.8) is 0 Å². The van der Waals surface area contributed by atoms with Crippen LogP contribution in [0, 0.1) is 0 Å². The van der Waals surface area contributed by atoms with Crippen LogP contribution >= 0.6 is 0 Å². The quantitative estimate of drug-likeness (QED) is 0.597. The van der Waals surface area contributed by atoms with Crippen LogP contribution in [0.4, 0.5) is 4.79 Å². The number of hydrogen-bond donors (Lipinski definition) is 3. The van der Waals surface area contributed by atoms with Crippen molar-refractivity contribution >= 4 is 12.0 Å². The summed E-state index contributed by atoms with van der Waals surface area (Å²) in [6, 6.07) is 0.281. The highest BCUT2D eigenvalue weighted by Gasteiger charge is 2.18. The maximum atomic E-state index is 11.8. The molecular formula is C11H18N6O3. The summed E-state index contributed by atoms with van der Waals surface area (Å²) in [6.45, 7) is 2.10. The zero-order valence-electron chi connectivity index (χ0n) is 11.0. The van der Waals surface area contributed by atoms with Crippen molar-refractivity contribution in [3.05, 3.63) is 11.9 Å². The van der Waals surface area contributed by atoms with Crippen molar-refractivity contribution in [3.8, 4) is 0 Å². The van der Waals surface area contributed by atoms with Crippen molar-refractivity contribution in [2.75, 3.05) is 26.2 Å². The molecule has 0 saturated carbocycles. The van der Waals surface area contributed by atoms with E-state index in [1.807, 2.05) is 0 Å². The third-order valence-electron chi connectivity index (χ3n) is 3.06. The Kier molecular flexibility index (Phi) is 4.88. The molecule has 0 aromatic carbocycles. The minimum absolute atomic E-state index is 0.0313.